The molecule has 2 amide bonds. The van der Waals surface area contributed by atoms with Crippen LogP contribution in [0.4, 0.5) is 0 Å². The summed E-state index contributed by atoms with van der Waals surface area (Å²) >= 11 is 0. The Bertz CT molecular complexity index is 389. The van der Waals surface area contributed by atoms with Gasteiger partial charge in [0.25, 0.3) is 0 Å². The second-order valence-electron chi connectivity index (χ2n) is 7.04. The van der Waals surface area contributed by atoms with E-state index in [1.165, 1.54) is 25.7 Å². The highest BCUT2D eigenvalue weighted by molar-refractivity contribution is 5.85. The van der Waals surface area contributed by atoms with Crippen molar-refractivity contribution >= 4 is 24.2 Å². The van der Waals surface area contributed by atoms with E-state index in [9.17, 15) is 9.59 Å². The number of amides is 2. The smallest absolute Gasteiger partial charge is 0.227 e. The van der Waals surface area contributed by atoms with Gasteiger partial charge in [-0.25, -0.2) is 0 Å². The summed E-state index contributed by atoms with van der Waals surface area (Å²) in [5.41, 5.74) is 5.81. The van der Waals surface area contributed by atoms with Crippen molar-refractivity contribution in [1.29, 1.82) is 0 Å². The molecule has 1 heterocycles. The summed E-state index contributed by atoms with van der Waals surface area (Å²) in [5.74, 6) is 0.996. The second kappa shape index (κ2) is 9.48. The Morgan fingerprint density at radius 1 is 1.04 bits per heavy atom. The molecule has 0 aromatic rings. The van der Waals surface area contributed by atoms with Crippen LogP contribution in [0.15, 0.2) is 0 Å². The lowest BCUT2D eigenvalue weighted by atomic mass is 10.0. The first-order valence-corrected chi connectivity index (χ1v) is 8.81. The van der Waals surface area contributed by atoms with Crippen LogP contribution >= 0.6 is 12.4 Å². The molecule has 1 aliphatic heterocycles. The van der Waals surface area contributed by atoms with Gasteiger partial charge in [0, 0.05) is 38.6 Å². The number of hydrogen-bond acceptors (Lipinski definition) is 3. The molecule has 2 aliphatic rings. The lowest BCUT2D eigenvalue weighted by Crippen LogP contribution is -2.53. The number of piperazine rings is 1. The first-order chi connectivity index (χ1) is 10.5. The highest BCUT2D eigenvalue weighted by Gasteiger charge is 2.28. The predicted molar refractivity (Wildman–Crippen MR) is 94.4 cm³/mol. The van der Waals surface area contributed by atoms with Gasteiger partial charge in [-0.2, -0.15) is 0 Å². The molecule has 2 fully saturated rings. The van der Waals surface area contributed by atoms with E-state index in [0.717, 1.165) is 12.3 Å². The third-order valence-corrected chi connectivity index (χ3v) is 5.36. The van der Waals surface area contributed by atoms with Crippen LogP contribution in [0.3, 0.4) is 0 Å². The molecule has 2 atom stereocenters. The molecule has 0 spiro atoms. The molecule has 23 heavy (non-hydrogen) atoms. The van der Waals surface area contributed by atoms with E-state index in [4.69, 9.17) is 5.73 Å². The van der Waals surface area contributed by atoms with Gasteiger partial charge in [-0.1, -0.05) is 32.6 Å². The van der Waals surface area contributed by atoms with Crippen molar-refractivity contribution in [1.82, 2.24) is 9.80 Å². The van der Waals surface area contributed by atoms with Crippen LogP contribution in [0.25, 0.3) is 0 Å². The number of carbonyl (C=O) groups is 2. The summed E-state index contributed by atoms with van der Waals surface area (Å²) in [6.45, 7) is 6.37. The molecule has 0 radical (unpaired) electrons. The first-order valence-electron chi connectivity index (χ1n) is 8.81. The minimum Gasteiger partial charge on any atom is -0.339 e. The zero-order chi connectivity index (χ0) is 16.1. The fraction of sp³-hybridized carbons (Fsp3) is 0.882. The maximum atomic E-state index is 12.3. The summed E-state index contributed by atoms with van der Waals surface area (Å²) in [6, 6.07) is -0.126. The fourth-order valence-electron chi connectivity index (χ4n) is 3.47. The minimum atomic E-state index is -0.149. The molecular formula is C17H32ClN3O2. The van der Waals surface area contributed by atoms with Gasteiger partial charge in [0.1, 0.15) is 0 Å². The average Bonchev–Trinajstić information content (AvgIpc) is 3.04. The van der Waals surface area contributed by atoms with Crippen LogP contribution in [0.5, 0.6) is 0 Å². The number of hydrogen-bond donors (Lipinski definition) is 1. The lowest BCUT2D eigenvalue weighted by Gasteiger charge is -2.36. The molecule has 0 aromatic heterocycles. The van der Waals surface area contributed by atoms with Crippen molar-refractivity contribution in [3.63, 3.8) is 0 Å². The molecule has 2 unspecified atom stereocenters. The van der Waals surface area contributed by atoms with Crippen LogP contribution in [0, 0.1) is 11.8 Å². The fourth-order valence-corrected chi connectivity index (χ4v) is 3.47. The van der Waals surface area contributed by atoms with Crippen LogP contribution in [0.1, 0.15) is 52.4 Å². The van der Waals surface area contributed by atoms with E-state index in [0.29, 0.717) is 32.6 Å². The van der Waals surface area contributed by atoms with Crippen LogP contribution in [-0.4, -0.2) is 53.8 Å². The predicted octanol–water partition coefficient (Wildman–Crippen LogP) is 2.03. The quantitative estimate of drug-likeness (QED) is 0.829. The third-order valence-electron chi connectivity index (χ3n) is 5.36. The first kappa shape index (κ1) is 20.2. The van der Waals surface area contributed by atoms with E-state index in [2.05, 4.69) is 0 Å². The van der Waals surface area contributed by atoms with Crippen molar-refractivity contribution < 1.29 is 9.59 Å². The van der Waals surface area contributed by atoms with Crippen LogP contribution in [-0.2, 0) is 9.59 Å². The van der Waals surface area contributed by atoms with Gasteiger partial charge in [-0.05, 0) is 19.3 Å². The van der Waals surface area contributed by atoms with Crippen molar-refractivity contribution in [2.24, 2.45) is 17.6 Å². The molecule has 6 heteroatoms. The summed E-state index contributed by atoms with van der Waals surface area (Å²) < 4.78 is 0. The van der Waals surface area contributed by atoms with Crippen molar-refractivity contribution in [3.8, 4) is 0 Å². The van der Waals surface area contributed by atoms with Gasteiger partial charge in [-0.15, -0.1) is 12.4 Å². The highest BCUT2D eigenvalue weighted by Crippen LogP contribution is 2.28. The maximum absolute atomic E-state index is 12.3. The van der Waals surface area contributed by atoms with Gasteiger partial charge in [0.05, 0.1) is 5.92 Å². The minimum absolute atomic E-state index is 0. The Morgan fingerprint density at radius 2 is 1.57 bits per heavy atom. The normalized spacial score (nSPS) is 21.7. The number of nitrogens with two attached hydrogens (primary N) is 1. The SMILES string of the molecule is CC(N)C(C)C(=O)N1CCN(C(=O)CCC2CCCC2)CC1.Cl. The molecule has 1 saturated heterocycles. The van der Waals surface area contributed by atoms with Crippen molar-refractivity contribution in [2.45, 2.75) is 58.4 Å². The lowest BCUT2D eigenvalue weighted by molar-refractivity contribution is -0.142. The average molecular weight is 346 g/mol. The molecule has 2 N–H and O–H groups in total. The number of rotatable bonds is 5. The molecule has 1 saturated carbocycles. The number of halogens is 1. The van der Waals surface area contributed by atoms with Crippen molar-refractivity contribution in [3.05, 3.63) is 0 Å². The molecule has 2 rings (SSSR count). The molecule has 5 nitrogen and oxygen atoms in total. The molecular weight excluding hydrogens is 314 g/mol. The van der Waals surface area contributed by atoms with E-state index >= 15 is 0 Å². The van der Waals surface area contributed by atoms with Gasteiger partial charge >= 0.3 is 0 Å². The Morgan fingerprint density at radius 3 is 2.09 bits per heavy atom. The van der Waals surface area contributed by atoms with Gasteiger partial charge in [0.15, 0.2) is 0 Å². The summed E-state index contributed by atoms with van der Waals surface area (Å²) in [7, 11) is 0. The van der Waals surface area contributed by atoms with E-state index in [-0.39, 0.29) is 36.2 Å². The zero-order valence-corrected chi connectivity index (χ0v) is 15.3. The Kier molecular flexibility index (Phi) is 8.34. The summed E-state index contributed by atoms with van der Waals surface area (Å²) in [6.07, 6.45) is 6.97. The van der Waals surface area contributed by atoms with Gasteiger partial charge in [0.2, 0.25) is 11.8 Å². The van der Waals surface area contributed by atoms with E-state index < -0.39 is 0 Å². The number of carbonyl (C=O) groups excluding carboxylic acids is 2. The van der Waals surface area contributed by atoms with Crippen LogP contribution in [0.2, 0.25) is 0 Å². The molecule has 0 aromatic carbocycles. The Hall–Kier alpha value is -0.810. The Balaban J connectivity index is 0.00000264. The standard InChI is InChI=1S/C17H31N3O2.ClH/c1-13(14(2)18)17(22)20-11-9-19(10-12-20)16(21)8-7-15-5-3-4-6-15;/h13-15H,3-12,18H2,1-2H3;1H. The number of nitrogens with zero attached hydrogens (tertiary/aromatic N) is 2. The largest absolute Gasteiger partial charge is 0.339 e. The Labute approximate surface area is 146 Å². The van der Waals surface area contributed by atoms with Crippen molar-refractivity contribution in [2.75, 3.05) is 26.2 Å². The van der Waals surface area contributed by atoms with Gasteiger partial charge < -0.3 is 15.5 Å². The van der Waals surface area contributed by atoms with Crippen LogP contribution < -0.4 is 5.73 Å². The molecule has 134 valence electrons. The van der Waals surface area contributed by atoms with E-state index in [1.54, 1.807) is 0 Å². The van der Waals surface area contributed by atoms with Gasteiger partial charge in [-0.3, -0.25) is 9.59 Å². The monoisotopic (exact) mass is 345 g/mol. The zero-order valence-electron chi connectivity index (χ0n) is 14.5. The third kappa shape index (κ3) is 5.64. The highest BCUT2D eigenvalue weighted by atomic mass is 35.5. The molecule has 0 bridgehead atoms. The summed E-state index contributed by atoms with van der Waals surface area (Å²) in [5, 5.41) is 0. The topological polar surface area (TPSA) is 66.6 Å². The summed E-state index contributed by atoms with van der Waals surface area (Å²) in [4.78, 5) is 28.3. The maximum Gasteiger partial charge on any atom is 0.227 e. The molecule has 1 aliphatic carbocycles. The second-order valence-corrected chi connectivity index (χ2v) is 7.04. The van der Waals surface area contributed by atoms with E-state index in [1.807, 2.05) is 23.6 Å².